The van der Waals surface area contributed by atoms with Gasteiger partial charge in [0.2, 0.25) is 0 Å². The highest BCUT2D eigenvalue weighted by molar-refractivity contribution is 9.10. The molecule has 1 atom stereocenters. The lowest BCUT2D eigenvalue weighted by Gasteiger charge is -2.23. The zero-order chi connectivity index (χ0) is 13.0. The van der Waals surface area contributed by atoms with Gasteiger partial charge in [-0.1, -0.05) is 22.9 Å². The third-order valence-corrected chi connectivity index (χ3v) is 2.92. The van der Waals surface area contributed by atoms with Crippen LogP contribution in [0.1, 0.15) is 13.3 Å². The summed E-state index contributed by atoms with van der Waals surface area (Å²) in [5, 5.41) is 8.67. The molecule has 0 radical (unpaired) electrons. The molecule has 0 saturated carbocycles. The standard InChI is InChI=1S/C12H15BrFNO2/c1-8(5-12(16)17)7-15(2)11-6-9(13)3-4-10(11)14/h3-4,6,8H,5,7H2,1-2H3,(H,16,17). The third kappa shape index (κ3) is 4.34. The Hall–Kier alpha value is -1.10. The van der Waals surface area contributed by atoms with E-state index in [0.717, 1.165) is 4.47 Å². The van der Waals surface area contributed by atoms with Crippen LogP contribution in [0.25, 0.3) is 0 Å². The monoisotopic (exact) mass is 303 g/mol. The van der Waals surface area contributed by atoms with Crippen molar-refractivity contribution in [2.45, 2.75) is 13.3 Å². The molecule has 1 unspecified atom stereocenters. The van der Waals surface area contributed by atoms with Gasteiger partial charge in [-0.05, 0) is 24.1 Å². The second-order valence-corrected chi connectivity index (χ2v) is 5.09. The van der Waals surface area contributed by atoms with E-state index in [-0.39, 0.29) is 18.2 Å². The molecule has 1 aromatic rings. The second kappa shape index (κ2) is 6.00. The van der Waals surface area contributed by atoms with Gasteiger partial charge in [-0.2, -0.15) is 0 Å². The van der Waals surface area contributed by atoms with Crippen LogP contribution >= 0.6 is 15.9 Å². The summed E-state index contributed by atoms with van der Waals surface area (Å²) in [6.45, 7) is 2.33. The summed E-state index contributed by atoms with van der Waals surface area (Å²) < 4.78 is 14.4. The number of hydrogen-bond donors (Lipinski definition) is 1. The van der Waals surface area contributed by atoms with Gasteiger partial charge in [0.25, 0.3) is 0 Å². The Labute approximate surface area is 108 Å². The summed E-state index contributed by atoms with van der Waals surface area (Å²) in [7, 11) is 1.75. The van der Waals surface area contributed by atoms with Gasteiger partial charge in [0.1, 0.15) is 5.82 Å². The molecular weight excluding hydrogens is 289 g/mol. The quantitative estimate of drug-likeness (QED) is 0.908. The number of halogens is 2. The lowest BCUT2D eigenvalue weighted by atomic mass is 10.1. The highest BCUT2D eigenvalue weighted by Crippen LogP contribution is 2.24. The van der Waals surface area contributed by atoms with Crippen LogP contribution in [0.15, 0.2) is 22.7 Å². The number of carboxylic acids is 1. The van der Waals surface area contributed by atoms with E-state index in [1.165, 1.54) is 6.07 Å². The molecule has 1 N–H and O–H groups in total. The van der Waals surface area contributed by atoms with Crippen LogP contribution in [0.3, 0.4) is 0 Å². The van der Waals surface area contributed by atoms with Crippen LogP contribution in [-0.2, 0) is 4.79 Å². The first-order valence-corrected chi connectivity index (χ1v) is 6.07. The van der Waals surface area contributed by atoms with E-state index in [2.05, 4.69) is 15.9 Å². The minimum absolute atomic E-state index is 0.0316. The van der Waals surface area contributed by atoms with Crippen molar-refractivity contribution < 1.29 is 14.3 Å². The summed E-state index contributed by atoms with van der Waals surface area (Å²) in [4.78, 5) is 12.3. The number of benzene rings is 1. The third-order valence-electron chi connectivity index (χ3n) is 2.43. The molecule has 17 heavy (non-hydrogen) atoms. The number of aliphatic carboxylic acids is 1. The van der Waals surface area contributed by atoms with Gasteiger partial charge >= 0.3 is 5.97 Å². The van der Waals surface area contributed by atoms with E-state index in [9.17, 15) is 9.18 Å². The Bertz CT molecular complexity index is 411. The summed E-state index contributed by atoms with van der Waals surface area (Å²) in [5.74, 6) is -1.17. The van der Waals surface area contributed by atoms with Crippen LogP contribution in [0.2, 0.25) is 0 Å². The van der Waals surface area contributed by atoms with E-state index in [4.69, 9.17) is 5.11 Å². The summed E-state index contributed by atoms with van der Waals surface area (Å²) in [6.07, 6.45) is 0.0833. The first-order valence-electron chi connectivity index (χ1n) is 5.28. The molecule has 0 heterocycles. The van der Waals surface area contributed by atoms with Gasteiger partial charge in [-0.3, -0.25) is 4.79 Å². The summed E-state index contributed by atoms with van der Waals surface area (Å²) >= 11 is 3.28. The fraction of sp³-hybridized carbons (Fsp3) is 0.417. The molecule has 1 rings (SSSR count). The van der Waals surface area contributed by atoms with Gasteiger partial charge in [0.05, 0.1) is 5.69 Å². The van der Waals surface area contributed by atoms with Crippen LogP contribution in [0.4, 0.5) is 10.1 Å². The number of anilines is 1. The maximum atomic E-state index is 13.6. The van der Waals surface area contributed by atoms with Gasteiger partial charge in [-0.25, -0.2) is 4.39 Å². The fourth-order valence-electron chi connectivity index (χ4n) is 1.71. The molecule has 1 aromatic carbocycles. The molecular formula is C12H15BrFNO2. The van der Waals surface area contributed by atoms with Crippen LogP contribution in [0.5, 0.6) is 0 Å². The maximum Gasteiger partial charge on any atom is 0.303 e. The lowest BCUT2D eigenvalue weighted by molar-refractivity contribution is -0.137. The largest absolute Gasteiger partial charge is 0.481 e. The van der Waals surface area contributed by atoms with E-state index in [1.807, 2.05) is 6.92 Å². The zero-order valence-corrected chi connectivity index (χ0v) is 11.4. The minimum Gasteiger partial charge on any atom is -0.481 e. The Morgan fingerprint density at radius 1 is 1.59 bits per heavy atom. The maximum absolute atomic E-state index is 13.6. The van der Waals surface area contributed by atoms with Crippen molar-refractivity contribution in [3.63, 3.8) is 0 Å². The SMILES string of the molecule is CC(CC(=O)O)CN(C)c1cc(Br)ccc1F. The van der Waals surface area contributed by atoms with E-state index in [0.29, 0.717) is 12.2 Å². The smallest absolute Gasteiger partial charge is 0.303 e. The van der Waals surface area contributed by atoms with Crippen LogP contribution in [-0.4, -0.2) is 24.7 Å². The lowest BCUT2D eigenvalue weighted by Crippen LogP contribution is -2.26. The summed E-state index contributed by atoms with van der Waals surface area (Å²) in [6, 6.07) is 4.70. The first-order chi connectivity index (χ1) is 7.90. The molecule has 0 fully saturated rings. The summed E-state index contributed by atoms with van der Waals surface area (Å²) in [5.41, 5.74) is 0.469. The number of carboxylic acid groups (broad SMARTS) is 1. The van der Waals surface area contributed by atoms with Crippen LogP contribution < -0.4 is 4.90 Å². The van der Waals surface area contributed by atoms with Crippen molar-refractivity contribution in [1.82, 2.24) is 0 Å². The Morgan fingerprint density at radius 2 is 2.24 bits per heavy atom. The first kappa shape index (κ1) is 14.0. The topological polar surface area (TPSA) is 40.5 Å². The van der Waals surface area contributed by atoms with Crippen molar-refractivity contribution >= 4 is 27.6 Å². The molecule has 94 valence electrons. The van der Waals surface area contributed by atoms with Crippen LogP contribution in [0, 0.1) is 11.7 Å². The Balaban J connectivity index is 2.72. The molecule has 0 bridgehead atoms. The predicted octanol–water partition coefficient (Wildman–Crippen LogP) is 3.14. The van der Waals surface area contributed by atoms with Gasteiger partial charge in [0, 0.05) is 24.5 Å². The second-order valence-electron chi connectivity index (χ2n) is 4.18. The average molecular weight is 304 g/mol. The minimum atomic E-state index is -0.833. The molecule has 0 aliphatic rings. The number of rotatable bonds is 5. The fourth-order valence-corrected chi connectivity index (χ4v) is 2.06. The number of carbonyl (C=O) groups is 1. The molecule has 0 aliphatic heterocycles. The predicted molar refractivity (Wildman–Crippen MR) is 68.8 cm³/mol. The van der Waals surface area contributed by atoms with Gasteiger partial charge in [0.15, 0.2) is 0 Å². The van der Waals surface area contributed by atoms with Crippen molar-refractivity contribution in [3.05, 3.63) is 28.5 Å². The molecule has 0 saturated heterocycles. The average Bonchev–Trinajstić information content (AvgIpc) is 2.20. The molecule has 0 aromatic heterocycles. The molecule has 0 amide bonds. The van der Waals surface area contributed by atoms with Gasteiger partial charge in [-0.15, -0.1) is 0 Å². The highest BCUT2D eigenvalue weighted by Gasteiger charge is 2.13. The zero-order valence-electron chi connectivity index (χ0n) is 9.78. The number of hydrogen-bond acceptors (Lipinski definition) is 2. The van der Waals surface area contributed by atoms with Crippen molar-refractivity contribution in [2.75, 3.05) is 18.5 Å². The Kier molecular flexibility index (Phi) is 4.93. The molecule has 0 spiro atoms. The van der Waals surface area contributed by atoms with Crippen molar-refractivity contribution in [2.24, 2.45) is 5.92 Å². The van der Waals surface area contributed by atoms with E-state index in [1.54, 1.807) is 24.1 Å². The molecule has 3 nitrogen and oxygen atoms in total. The van der Waals surface area contributed by atoms with Crippen molar-refractivity contribution in [1.29, 1.82) is 0 Å². The van der Waals surface area contributed by atoms with E-state index >= 15 is 0 Å². The normalized spacial score (nSPS) is 12.2. The molecule has 5 heteroatoms. The number of nitrogens with zero attached hydrogens (tertiary/aromatic N) is 1. The van der Waals surface area contributed by atoms with Gasteiger partial charge < -0.3 is 10.0 Å². The highest BCUT2D eigenvalue weighted by atomic mass is 79.9. The Morgan fingerprint density at radius 3 is 2.82 bits per heavy atom. The van der Waals surface area contributed by atoms with Crippen molar-refractivity contribution in [3.8, 4) is 0 Å². The van der Waals surface area contributed by atoms with E-state index < -0.39 is 5.97 Å². The molecule has 0 aliphatic carbocycles.